The lowest BCUT2D eigenvalue weighted by molar-refractivity contribution is -0.120. The molecule has 0 bridgehead atoms. The van der Waals surface area contributed by atoms with Gasteiger partial charge in [-0.3, -0.25) is 13.9 Å². The van der Waals surface area contributed by atoms with Gasteiger partial charge in [0.25, 0.3) is 0 Å². The summed E-state index contributed by atoms with van der Waals surface area (Å²) in [4.78, 5) is 24.4. The summed E-state index contributed by atoms with van der Waals surface area (Å²) in [6.45, 7) is 3.33. The van der Waals surface area contributed by atoms with Crippen LogP contribution in [0.4, 0.5) is 11.4 Å². The van der Waals surface area contributed by atoms with Gasteiger partial charge in [-0.05, 0) is 56.0 Å². The van der Waals surface area contributed by atoms with Crippen LogP contribution in [0.5, 0.6) is 0 Å². The number of hydrogen-bond acceptors (Lipinski definition) is 4. The van der Waals surface area contributed by atoms with Crippen molar-refractivity contribution in [3.05, 3.63) is 59.7 Å². The highest BCUT2D eigenvalue weighted by molar-refractivity contribution is 7.92. The number of amides is 2. The van der Waals surface area contributed by atoms with Crippen molar-refractivity contribution < 1.29 is 18.0 Å². The molecule has 1 aliphatic carbocycles. The number of hydrogen-bond donors (Lipinski definition) is 2. The predicted molar refractivity (Wildman–Crippen MR) is 118 cm³/mol. The van der Waals surface area contributed by atoms with E-state index < -0.39 is 15.9 Å². The molecule has 0 spiro atoms. The molecule has 0 heterocycles. The summed E-state index contributed by atoms with van der Waals surface area (Å²) in [6.07, 6.45) is 2.98. The van der Waals surface area contributed by atoms with Gasteiger partial charge in [-0.1, -0.05) is 30.3 Å². The number of aryl methyl sites for hydroxylation is 1. The first kappa shape index (κ1) is 21.8. The van der Waals surface area contributed by atoms with Gasteiger partial charge in [0.2, 0.25) is 21.8 Å². The van der Waals surface area contributed by atoms with Crippen molar-refractivity contribution in [3.8, 4) is 0 Å². The lowest BCUT2D eigenvalue weighted by Gasteiger charge is -2.24. The molecule has 30 heavy (non-hydrogen) atoms. The molecule has 1 unspecified atom stereocenters. The first-order valence-corrected chi connectivity index (χ1v) is 11.7. The number of nitrogens with zero attached hydrogens (tertiary/aromatic N) is 1. The van der Waals surface area contributed by atoms with Crippen molar-refractivity contribution in [1.29, 1.82) is 0 Å². The highest BCUT2D eigenvalue weighted by atomic mass is 32.2. The zero-order valence-electron chi connectivity index (χ0n) is 17.4. The molecule has 2 amide bonds. The number of para-hydroxylation sites is 1. The van der Waals surface area contributed by atoms with E-state index in [1.165, 1.54) is 0 Å². The van der Waals surface area contributed by atoms with E-state index in [0.717, 1.165) is 40.2 Å². The molecule has 1 atom stereocenters. The number of nitrogens with one attached hydrogen (secondary N) is 2. The quantitative estimate of drug-likeness (QED) is 0.674. The van der Waals surface area contributed by atoms with Crippen LogP contribution in [0, 0.1) is 12.8 Å². The Kier molecular flexibility index (Phi) is 6.45. The van der Waals surface area contributed by atoms with E-state index in [1.807, 2.05) is 25.1 Å². The maximum absolute atomic E-state index is 12.6. The average molecular weight is 430 g/mol. The Bertz CT molecular complexity index is 1030. The van der Waals surface area contributed by atoms with E-state index in [0.29, 0.717) is 5.69 Å². The SMILES string of the molecule is Cc1ccccc1N(CC(=O)NC(C)c1ccc(NC(=O)C2CC2)cc1)S(C)(=O)=O. The van der Waals surface area contributed by atoms with Crippen LogP contribution in [-0.4, -0.2) is 33.0 Å². The number of sulfonamides is 1. The summed E-state index contributed by atoms with van der Waals surface area (Å²) in [7, 11) is -3.62. The van der Waals surface area contributed by atoms with Gasteiger partial charge in [0.15, 0.2) is 0 Å². The molecule has 0 radical (unpaired) electrons. The van der Waals surface area contributed by atoms with Gasteiger partial charge in [0.1, 0.15) is 6.54 Å². The van der Waals surface area contributed by atoms with Crippen LogP contribution in [0.3, 0.4) is 0 Å². The third-order valence-electron chi connectivity index (χ3n) is 5.08. The van der Waals surface area contributed by atoms with Crippen LogP contribution < -0.4 is 14.9 Å². The van der Waals surface area contributed by atoms with E-state index in [9.17, 15) is 18.0 Å². The first-order valence-electron chi connectivity index (χ1n) is 9.88. The van der Waals surface area contributed by atoms with Crippen LogP contribution in [0.2, 0.25) is 0 Å². The molecule has 2 aromatic rings. The molecule has 160 valence electrons. The predicted octanol–water partition coefficient (Wildman–Crippen LogP) is 2.99. The summed E-state index contributed by atoms with van der Waals surface area (Å²) in [5.74, 6) is -0.225. The van der Waals surface area contributed by atoms with Crippen LogP contribution in [-0.2, 0) is 19.6 Å². The van der Waals surface area contributed by atoms with Gasteiger partial charge in [0, 0.05) is 11.6 Å². The molecule has 8 heteroatoms. The summed E-state index contributed by atoms with van der Waals surface area (Å²) >= 11 is 0. The van der Waals surface area contributed by atoms with Crippen LogP contribution >= 0.6 is 0 Å². The molecule has 2 N–H and O–H groups in total. The zero-order chi connectivity index (χ0) is 21.9. The molecule has 1 fully saturated rings. The molecule has 3 rings (SSSR count). The van der Waals surface area contributed by atoms with E-state index in [1.54, 1.807) is 37.3 Å². The number of carbonyl (C=O) groups excluding carboxylic acids is 2. The minimum Gasteiger partial charge on any atom is -0.348 e. The third kappa shape index (κ3) is 5.60. The van der Waals surface area contributed by atoms with Crippen molar-refractivity contribution in [3.63, 3.8) is 0 Å². The Labute approximate surface area is 177 Å². The van der Waals surface area contributed by atoms with Gasteiger partial charge in [-0.25, -0.2) is 8.42 Å². The Hall–Kier alpha value is -2.87. The summed E-state index contributed by atoms with van der Waals surface area (Å²) in [6, 6.07) is 14.0. The molecule has 2 aromatic carbocycles. The lowest BCUT2D eigenvalue weighted by Crippen LogP contribution is -2.41. The largest absolute Gasteiger partial charge is 0.348 e. The maximum atomic E-state index is 12.6. The number of anilines is 2. The molecular weight excluding hydrogens is 402 g/mol. The summed E-state index contributed by atoms with van der Waals surface area (Å²) < 4.78 is 25.6. The van der Waals surface area contributed by atoms with Crippen molar-refractivity contribution >= 4 is 33.2 Å². The number of carbonyl (C=O) groups is 2. The minimum atomic E-state index is -3.62. The van der Waals surface area contributed by atoms with Crippen molar-refractivity contribution in [2.45, 2.75) is 32.7 Å². The van der Waals surface area contributed by atoms with Gasteiger partial charge in [0.05, 0.1) is 18.0 Å². The maximum Gasteiger partial charge on any atom is 0.241 e. The Morgan fingerprint density at radius 1 is 1.10 bits per heavy atom. The highest BCUT2D eigenvalue weighted by Gasteiger charge is 2.29. The number of rotatable bonds is 8. The third-order valence-corrected chi connectivity index (χ3v) is 6.20. The lowest BCUT2D eigenvalue weighted by atomic mass is 10.1. The monoisotopic (exact) mass is 429 g/mol. The molecule has 1 saturated carbocycles. The van der Waals surface area contributed by atoms with Gasteiger partial charge >= 0.3 is 0 Å². The minimum absolute atomic E-state index is 0.0428. The average Bonchev–Trinajstić information content (AvgIpc) is 3.52. The summed E-state index contributed by atoms with van der Waals surface area (Å²) in [5, 5.41) is 5.72. The van der Waals surface area contributed by atoms with E-state index in [-0.39, 0.29) is 24.4 Å². The van der Waals surface area contributed by atoms with E-state index in [4.69, 9.17) is 0 Å². The highest BCUT2D eigenvalue weighted by Crippen LogP contribution is 2.30. The van der Waals surface area contributed by atoms with Crippen molar-refractivity contribution in [1.82, 2.24) is 5.32 Å². The van der Waals surface area contributed by atoms with Crippen LogP contribution in [0.1, 0.15) is 36.9 Å². The Morgan fingerprint density at radius 2 is 1.73 bits per heavy atom. The standard InChI is InChI=1S/C22H27N3O4S/c1-15-6-4-5-7-20(15)25(30(3,28)29)14-21(26)23-16(2)17-10-12-19(13-11-17)24-22(27)18-8-9-18/h4-7,10-13,16,18H,8-9,14H2,1-3H3,(H,23,26)(H,24,27). The molecule has 1 aliphatic rings. The smallest absolute Gasteiger partial charge is 0.241 e. The topological polar surface area (TPSA) is 95.6 Å². The van der Waals surface area contributed by atoms with Crippen LogP contribution in [0.25, 0.3) is 0 Å². The van der Waals surface area contributed by atoms with Gasteiger partial charge < -0.3 is 10.6 Å². The molecule has 0 aliphatic heterocycles. The number of benzene rings is 2. The first-order chi connectivity index (χ1) is 14.1. The fraction of sp³-hybridized carbons (Fsp3) is 0.364. The summed E-state index contributed by atoms with van der Waals surface area (Å²) in [5.41, 5.74) is 2.83. The zero-order valence-corrected chi connectivity index (χ0v) is 18.2. The fourth-order valence-electron chi connectivity index (χ4n) is 3.17. The van der Waals surface area contributed by atoms with Gasteiger partial charge in [-0.2, -0.15) is 0 Å². The second-order valence-electron chi connectivity index (χ2n) is 7.73. The van der Waals surface area contributed by atoms with E-state index in [2.05, 4.69) is 10.6 Å². The van der Waals surface area contributed by atoms with Crippen LogP contribution in [0.15, 0.2) is 48.5 Å². The molecule has 0 saturated heterocycles. The normalized spacial score (nSPS) is 14.6. The van der Waals surface area contributed by atoms with Gasteiger partial charge in [-0.15, -0.1) is 0 Å². The Balaban J connectivity index is 1.64. The fourth-order valence-corrected chi connectivity index (χ4v) is 4.08. The molecule has 0 aromatic heterocycles. The second-order valence-corrected chi connectivity index (χ2v) is 9.64. The van der Waals surface area contributed by atoms with Crippen molar-refractivity contribution in [2.24, 2.45) is 5.92 Å². The van der Waals surface area contributed by atoms with Crippen molar-refractivity contribution in [2.75, 3.05) is 22.4 Å². The van der Waals surface area contributed by atoms with E-state index >= 15 is 0 Å². The second kappa shape index (κ2) is 8.87. The molecule has 7 nitrogen and oxygen atoms in total. The molecular formula is C22H27N3O4S. The Morgan fingerprint density at radius 3 is 2.30 bits per heavy atom.